The van der Waals surface area contributed by atoms with Crippen molar-refractivity contribution < 1.29 is 24.5 Å². The topological polar surface area (TPSA) is 87.0 Å². The van der Waals surface area contributed by atoms with Crippen LogP contribution in [0.4, 0.5) is 0 Å². The molecule has 0 aromatic heterocycles. The maximum Gasteiger partial charge on any atom is 0.303 e. The molecular formula is C29H46O5Si. The van der Waals surface area contributed by atoms with Gasteiger partial charge in [-0.3, -0.25) is 4.79 Å². The fourth-order valence-electron chi connectivity index (χ4n) is 4.40. The van der Waals surface area contributed by atoms with E-state index in [2.05, 4.69) is 70.3 Å². The SMILES string of the molecule is CC(C)(C)[Si](C)(C)O[C@H](C=C[C@@H]1[C@@H](CC=CCCCC(=O)O)[C@@H](O)C[C@H]1O)CCc1ccccc1. The van der Waals surface area contributed by atoms with Crippen LogP contribution in [0, 0.1) is 11.8 Å². The molecule has 1 aliphatic carbocycles. The van der Waals surface area contributed by atoms with Gasteiger partial charge in [0.15, 0.2) is 8.32 Å². The molecule has 0 heterocycles. The first-order valence-corrected chi connectivity index (χ1v) is 15.9. The lowest BCUT2D eigenvalue weighted by Gasteiger charge is -2.39. The summed E-state index contributed by atoms with van der Waals surface area (Å²) < 4.78 is 6.77. The van der Waals surface area contributed by atoms with Gasteiger partial charge in [0.25, 0.3) is 0 Å². The first-order chi connectivity index (χ1) is 16.4. The van der Waals surface area contributed by atoms with E-state index in [0.29, 0.717) is 25.7 Å². The summed E-state index contributed by atoms with van der Waals surface area (Å²) in [6.45, 7) is 11.3. The number of carboxylic acids is 1. The number of aliphatic hydroxyl groups excluding tert-OH is 2. The van der Waals surface area contributed by atoms with Crippen molar-refractivity contribution in [3.63, 3.8) is 0 Å². The lowest BCUT2D eigenvalue weighted by molar-refractivity contribution is -0.137. The zero-order chi connectivity index (χ0) is 26.1. The highest BCUT2D eigenvalue weighted by Gasteiger charge is 2.41. The first-order valence-electron chi connectivity index (χ1n) is 13.0. The number of aryl methyl sites for hydroxylation is 1. The van der Waals surface area contributed by atoms with Gasteiger partial charge in [0, 0.05) is 18.8 Å². The predicted octanol–water partition coefficient (Wildman–Crippen LogP) is 6.12. The minimum Gasteiger partial charge on any atom is -0.481 e. The van der Waals surface area contributed by atoms with E-state index in [1.165, 1.54) is 5.56 Å². The third-order valence-electron chi connectivity index (χ3n) is 7.61. The molecule has 196 valence electrons. The van der Waals surface area contributed by atoms with E-state index in [4.69, 9.17) is 9.53 Å². The fourth-order valence-corrected chi connectivity index (χ4v) is 5.71. The molecule has 0 bridgehead atoms. The van der Waals surface area contributed by atoms with Crippen molar-refractivity contribution in [1.29, 1.82) is 0 Å². The number of carboxylic acid groups (broad SMARTS) is 1. The number of aliphatic hydroxyl groups is 2. The average Bonchev–Trinajstić information content (AvgIpc) is 3.04. The molecule has 0 spiro atoms. The Hall–Kier alpha value is -1.73. The van der Waals surface area contributed by atoms with Gasteiger partial charge in [0.2, 0.25) is 0 Å². The molecule has 5 nitrogen and oxygen atoms in total. The largest absolute Gasteiger partial charge is 0.481 e. The molecule has 35 heavy (non-hydrogen) atoms. The monoisotopic (exact) mass is 502 g/mol. The Kier molecular flexibility index (Phi) is 11.4. The Balaban J connectivity index is 2.09. The minimum atomic E-state index is -1.99. The molecule has 6 heteroatoms. The van der Waals surface area contributed by atoms with Crippen LogP contribution in [0.15, 0.2) is 54.6 Å². The van der Waals surface area contributed by atoms with Gasteiger partial charge in [-0.1, -0.05) is 75.4 Å². The molecule has 0 unspecified atom stereocenters. The van der Waals surface area contributed by atoms with Gasteiger partial charge in [0.1, 0.15) is 0 Å². The van der Waals surface area contributed by atoms with E-state index in [1.807, 2.05) is 18.2 Å². The van der Waals surface area contributed by atoms with E-state index < -0.39 is 26.5 Å². The number of hydrogen-bond donors (Lipinski definition) is 3. The molecule has 3 N–H and O–H groups in total. The van der Waals surface area contributed by atoms with E-state index in [0.717, 1.165) is 12.8 Å². The summed E-state index contributed by atoms with van der Waals surface area (Å²) in [7, 11) is -1.99. The molecule has 0 radical (unpaired) electrons. The molecule has 1 aliphatic rings. The molecule has 0 amide bonds. The van der Waals surface area contributed by atoms with Crippen LogP contribution < -0.4 is 0 Å². The number of rotatable bonds is 13. The molecule has 1 fully saturated rings. The minimum absolute atomic E-state index is 0.0479. The first kappa shape index (κ1) is 29.5. The summed E-state index contributed by atoms with van der Waals surface area (Å²) in [6.07, 6.45) is 11.4. The van der Waals surface area contributed by atoms with E-state index in [9.17, 15) is 15.0 Å². The third kappa shape index (κ3) is 9.68. The summed E-state index contributed by atoms with van der Waals surface area (Å²) in [5.41, 5.74) is 1.28. The van der Waals surface area contributed by atoms with Crippen LogP contribution in [-0.2, 0) is 15.6 Å². The third-order valence-corrected chi connectivity index (χ3v) is 12.1. The van der Waals surface area contributed by atoms with E-state index in [1.54, 1.807) is 0 Å². The van der Waals surface area contributed by atoms with Crippen LogP contribution >= 0.6 is 0 Å². The van der Waals surface area contributed by atoms with Crippen LogP contribution in [0.5, 0.6) is 0 Å². The smallest absolute Gasteiger partial charge is 0.303 e. The highest BCUT2D eigenvalue weighted by atomic mass is 28.4. The molecule has 0 aliphatic heterocycles. The quantitative estimate of drug-likeness (QED) is 0.172. The molecular weight excluding hydrogens is 456 g/mol. The molecule has 1 aromatic rings. The van der Waals surface area contributed by atoms with Crippen LogP contribution in [0.3, 0.4) is 0 Å². The second-order valence-electron chi connectivity index (χ2n) is 11.4. The zero-order valence-corrected chi connectivity index (χ0v) is 23.2. The Morgan fingerprint density at radius 2 is 1.83 bits per heavy atom. The summed E-state index contributed by atoms with van der Waals surface area (Å²) in [5.74, 6) is -0.963. The van der Waals surface area contributed by atoms with Gasteiger partial charge in [0.05, 0.1) is 18.3 Å². The molecule has 1 saturated carbocycles. The van der Waals surface area contributed by atoms with Gasteiger partial charge >= 0.3 is 5.97 Å². The number of carbonyl (C=O) groups is 1. The van der Waals surface area contributed by atoms with E-state index >= 15 is 0 Å². The Bertz CT molecular complexity index is 827. The Labute approximate surface area is 213 Å². The van der Waals surface area contributed by atoms with Crippen molar-refractivity contribution >= 4 is 14.3 Å². The number of aliphatic carboxylic acids is 1. The van der Waals surface area contributed by atoms with Crippen LogP contribution in [-0.4, -0.2) is 47.9 Å². The van der Waals surface area contributed by atoms with Crippen molar-refractivity contribution in [2.75, 3.05) is 0 Å². The zero-order valence-electron chi connectivity index (χ0n) is 22.2. The summed E-state index contributed by atoms with van der Waals surface area (Å²) in [4.78, 5) is 10.7. The maximum absolute atomic E-state index is 10.7. The second kappa shape index (κ2) is 13.5. The predicted molar refractivity (Wildman–Crippen MR) is 145 cm³/mol. The molecule has 0 saturated heterocycles. The Morgan fingerprint density at radius 1 is 1.14 bits per heavy atom. The maximum atomic E-state index is 10.7. The fraction of sp³-hybridized carbons (Fsp3) is 0.621. The van der Waals surface area contributed by atoms with Gasteiger partial charge in [-0.2, -0.15) is 0 Å². The highest BCUT2D eigenvalue weighted by Crippen LogP contribution is 2.39. The molecule has 1 aromatic carbocycles. The van der Waals surface area contributed by atoms with Gasteiger partial charge in [-0.15, -0.1) is 0 Å². The second-order valence-corrected chi connectivity index (χ2v) is 16.2. The van der Waals surface area contributed by atoms with Gasteiger partial charge in [-0.05, 0) is 61.7 Å². The van der Waals surface area contributed by atoms with Crippen molar-refractivity contribution in [3.8, 4) is 0 Å². The molecule has 2 rings (SSSR count). The van der Waals surface area contributed by atoms with Crippen molar-refractivity contribution in [3.05, 3.63) is 60.2 Å². The van der Waals surface area contributed by atoms with Gasteiger partial charge in [-0.25, -0.2) is 0 Å². The summed E-state index contributed by atoms with van der Waals surface area (Å²) >= 11 is 0. The van der Waals surface area contributed by atoms with Crippen molar-refractivity contribution in [1.82, 2.24) is 0 Å². The van der Waals surface area contributed by atoms with Crippen LogP contribution in [0.1, 0.15) is 64.9 Å². The number of hydrogen-bond acceptors (Lipinski definition) is 4. The average molecular weight is 503 g/mol. The standard InChI is InChI=1S/C29H46O5Si/c1-29(2,3)35(4,5)34-23(18-17-22-13-9-8-10-14-22)19-20-25-24(26(30)21-27(25)31)15-11-6-7-12-16-28(32)33/h6,8-11,13-14,19-20,23-27,30-31H,7,12,15-18,21H2,1-5H3,(H,32,33)/t23-,24+,25+,26-,27+/m0/s1. The Morgan fingerprint density at radius 3 is 2.46 bits per heavy atom. The highest BCUT2D eigenvalue weighted by molar-refractivity contribution is 6.74. The lowest BCUT2D eigenvalue weighted by atomic mass is 9.89. The number of allylic oxidation sites excluding steroid dienone is 2. The normalized spacial score (nSPS) is 24.4. The lowest BCUT2D eigenvalue weighted by Crippen LogP contribution is -2.43. The van der Waals surface area contributed by atoms with E-state index in [-0.39, 0.29) is 29.4 Å². The van der Waals surface area contributed by atoms with Gasteiger partial charge < -0.3 is 19.7 Å². The number of unbranched alkanes of at least 4 members (excludes halogenated alkanes) is 1. The number of benzene rings is 1. The molecule has 5 atom stereocenters. The summed E-state index contributed by atoms with van der Waals surface area (Å²) in [5, 5.41) is 30.1. The van der Waals surface area contributed by atoms with Crippen molar-refractivity contribution in [2.45, 2.75) is 102 Å². The van der Waals surface area contributed by atoms with Crippen molar-refractivity contribution in [2.24, 2.45) is 11.8 Å². The van der Waals surface area contributed by atoms with Crippen LogP contribution in [0.2, 0.25) is 18.1 Å². The summed E-state index contributed by atoms with van der Waals surface area (Å²) in [6, 6.07) is 10.4. The van der Waals surface area contributed by atoms with Crippen LogP contribution in [0.25, 0.3) is 0 Å².